The normalized spacial score (nSPS) is 12.7. The van der Waals surface area contributed by atoms with E-state index in [-0.39, 0.29) is 4.88 Å². The van der Waals surface area contributed by atoms with Crippen molar-refractivity contribution in [3.63, 3.8) is 0 Å². The predicted octanol–water partition coefficient (Wildman–Crippen LogP) is 3.40. The maximum Gasteiger partial charge on any atom is 0.430 e. The van der Waals surface area contributed by atoms with Gasteiger partial charge in [0.25, 0.3) is 0 Å². The van der Waals surface area contributed by atoms with Crippen molar-refractivity contribution in [1.82, 2.24) is 5.01 Å². The van der Waals surface area contributed by atoms with Crippen LogP contribution in [0.4, 0.5) is 10.5 Å². The minimum absolute atomic E-state index is 0.240. The van der Waals surface area contributed by atoms with E-state index in [1.54, 1.807) is 12.1 Å². The lowest BCUT2D eigenvalue weighted by atomic mass is 10.0. The third-order valence-corrected chi connectivity index (χ3v) is 4.13. The summed E-state index contributed by atoms with van der Waals surface area (Å²) in [5.74, 6) is -0.976. The van der Waals surface area contributed by atoms with Crippen molar-refractivity contribution < 1.29 is 19.8 Å². The highest BCUT2D eigenvalue weighted by Gasteiger charge is 2.19. The fraction of sp³-hybridized carbons (Fsp3) is 0. The fourth-order valence-electron chi connectivity index (χ4n) is 2.06. The Balaban J connectivity index is 2.07. The van der Waals surface area contributed by atoms with Gasteiger partial charge < -0.3 is 10.2 Å². The second kappa shape index (κ2) is 4.95. The third-order valence-electron chi connectivity index (χ3n) is 3.02. The first kappa shape index (κ1) is 13.2. The van der Waals surface area contributed by atoms with Gasteiger partial charge in [0.1, 0.15) is 4.88 Å². The molecule has 3 rings (SSSR count). The third kappa shape index (κ3) is 2.34. The highest BCUT2D eigenvalue weighted by atomic mass is 32.1. The number of thiophene rings is 1. The molecule has 6 nitrogen and oxygen atoms in total. The number of anilines is 1. The average molecular weight is 302 g/mol. The maximum absolute atomic E-state index is 11.0. The Morgan fingerprint density at radius 3 is 2.62 bits per heavy atom. The van der Waals surface area contributed by atoms with E-state index in [0.29, 0.717) is 5.69 Å². The van der Waals surface area contributed by atoms with Crippen molar-refractivity contribution in [3.8, 4) is 10.4 Å². The molecule has 1 aliphatic rings. The molecule has 0 aliphatic carbocycles. The number of hydrogen-bond acceptors (Lipinski definition) is 4. The molecular formula is C14H10N2O4S. The smallest absolute Gasteiger partial charge is 0.430 e. The van der Waals surface area contributed by atoms with Gasteiger partial charge in [0.05, 0.1) is 5.69 Å². The van der Waals surface area contributed by atoms with Crippen molar-refractivity contribution in [1.29, 1.82) is 0 Å². The molecule has 21 heavy (non-hydrogen) atoms. The van der Waals surface area contributed by atoms with Crippen LogP contribution in [0.15, 0.2) is 36.5 Å². The van der Waals surface area contributed by atoms with Crippen molar-refractivity contribution in [2.45, 2.75) is 0 Å². The molecule has 0 saturated carbocycles. The maximum atomic E-state index is 11.0. The molecule has 0 spiro atoms. The van der Waals surface area contributed by atoms with Crippen molar-refractivity contribution in [2.24, 2.45) is 0 Å². The molecule has 1 aromatic carbocycles. The van der Waals surface area contributed by atoms with E-state index < -0.39 is 12.1 Å². The van der Waals surface area contributed by atoms with E-state index in [2.05, 4.69) is 5.43 Å². The Kier molecular flexibility index (Phi) is 3.11. The number of fused-ring (bicyclic) bond motifs is 1. The van der Waals surface area contributed by atoms with Crippen LogP contribution in [0.5, 0.6) is 0 Å². The van der Waals surface area contributed by atoms with Crippen LogP contribution >= 0.6 is 11.3 Å². The number of para-hydroxylation sites is 1. The van der Waals surface area contributed by atoms with Crippen molar-refractivity contribution in [3.05, 3.63) is 47.0 Å². The summed E-state index contributed by atoms with van der Waals surface area (Å²) in [6.45, 7) is 0. The molecule has 1 amide bonds. The summed E-state index contributed by atoms with van der Waals surface area (Å²) in [4.78, 5) is 23.0. The van der Waals surface area contributed by atoms with Gasteiger partial charge in [-0.2, -0.15) is 5.01 Å². The van der Waals surface area contributed by atoms with Gasteiger partial charge in [-0.15, -0.1) is 11.3 Å². The highest BCUT2D eigenvalue weighted by molar-refractivity contribution is 7.17. The topological polar surface area (TPSA) is 89.9 Å². The minimum Gasteiger partial charge on any atom is -0.477 e. The Morgan fingerprint density at radius 2 is 1.95 bits per heavy atom. The van der Waals surface area contributed by atoms with Crippen LogP contribution in [0.1, 0.15) is 15.2 Å². The molecule has 0 bridgehead atoms. The lowest BCUT2D eigenvalue weighted by Crippen LogP contribution is -2.31. The van der Waals surface area contributed by atoms with E-state index in [0.717, 1.165) is 32.3 Å². The van der Waals surface area contributed by atoms with Crippen LogP contribution in [0.25, 0.3) is 16.5 Å². The second-order valence-electron chi connectivity index (χ2n) is 4.32. The van der Waals surface area contributed by atoms with Crippen LogP contribution in [-0.4, -0.2) is 27.3 Å². The van der Waals surface area contributed by atoms with Gasteiger partial charge in [0.2, 0.25) is 0 Å². The quantitative estimate of drug-likeness (QED) is 0.791. The molecule has 1 aromatic heterocycles. The van der Waals surface area contributed by atoms with Crippen LogP contribution in [0.2, 0.25) is 0 Å². The number of hydrazine groups is 1. The monoisotopic (exact) mass is 302 g/mol. The summed E-state index contributed by atoms with van der Waals surface area (Å²) < 4.78 is 0. The molecular weight excluding hydrogens is 292 g/mol. The van der Waals surface area contributed by atoms with E-state index in [1.165, 1.54) is 12.3 Å². The lowest BCUT2D eigenvalue weighted by Gasteiger charge is -2.24. The summed E-state index contributed by atoms with van der Waals surface area (Å²) in [7, 11) is 0. The molecule has 0 atom stereocenters. The number of rotatable bonds is 2. The summed E-state index contributed by atoms with van der Waals surface area (Å²) >= 11 is 1.15. The van der Waals surface area contributed by atoms with E-state index >= 15 is 0 Å². The Bertz CT molecular complexity index is 766. The summed E-state index contributed by atoms with van der Waals surface area (Å²) in [6, 6.07) is 8.77. The molecule has 7 heteroatoms. The highest BCUT2D eigenvalue weighted by Crippen LogP contribution is 2.37. The summed E-state index contributed by atoms with van der Waals surface area (Å²) in [6.07, 6.45) is 1.99. The molecule has 2 heterocycles. The standard InChI is InChI=1S/C14H10N2O4S/c17-13(18)11-5-4-10(21-11)9-3-1-2-8-6-7-16(14(19)20)15-12(8)9/h1-7,15H,(H,17,18)(H,19,20). The van der Waals surface area contributed by atoms with Gasteiger partial charge in [-0.05, 0) is 18.2 Å². The predicted molar refractivity (Wildman–Crippen MR) is 79.2 cm³/mol. The number of nitrogens with zero attached hydrogens (tertiary/aromatic N) is 1. The second-order valence-corrected chi connectivity index (χ2v) is 5.40. The minimum atomic E-state index is -1.12. The number of hydrogen-bond donors (Lipinski definition) is 3. The summed E-state index contributed by atoms with van der Waals surface area (Å²) in [5, 5.41) is 19.0. The fourth-order valence-corrected chi connectivity index (χ4v) is 2.94. The number of carbonyl (C=O) groups is 2. The van der Waals surface area contributed by atoms with Crippen molar-refractivity contribution in [2.75, 3.05) is 5.43 Å². The zero-order valence-corrected chi connectivity index (χ0v) is 11.4. The number of carboxylic acid groups (broad SMARTS) is 2. The zero-order chi connectivity index (χ0) is 15.0. The number of nitrogens with one attached hydrogen (secondary N) is 1. The van der Waals surface area contributed by atoms with Gasteiger partial charge >= 0.3 is 12.1 Å². The van der Waals surface area contributed by atoms with Gasteiger partial charge in [-0.3, -0.25) is 5.43 Å². The van der Waals surface area contributed by atoms with Crippen LogP contribution < -0.4 is 5.43 Å². The SMILES string of the molecule is O=C(O)c1ccc(-c2cccc3c2NN(C(=O)O)C=C3)s1. The van der Waals surface area contributed by atoms with Crippen LogP contribution in [0, 0.1) is 0 Å². The number of benzene rings is 1. The van der Waals surface area contributed by atoms with E-state index in [4.69, 9.17) is 10.2 Å². The molecule has 0 saturated heterocycles. The first-order valence-electron chi connectivity index (χ1n) is 6.00. The Labute approximate surface area is 123 Å². The number of carboxylic acids is 1. The van der Waals surface area contributed by atoms with Gasteiger partial charge in [-0.1, -0.05) is 18.2 Å². The van der Waals surface area contributed by atoms with E-state index in [9.17, 15) is 9.59 Å². The molecule has 1 aliphatic heterocycles. The average Bonchev–Trinajstić information content (AvgIpc) is 2.95. The molecule has 0 radical (unpaired) electrons. The van der Waals surface area contributed by atoms with Crippen molar-refractivity contribution >= 4 is 35.2 Å². The van der Waals surface area contributed by atoms with Crippen LogP contribution in [0.3, 0.4) is 0 Å². The lowest BCUT2D eigenvalue weighted by molar-refractivity contribution is 0.0702. The van der Waals surface area contributed by atoms with Gasteiger partial charge in [0.15, 0.2) is 0 Å². The first-order chi connectivity index (χ1) is 10.1. The molecule has 0 unspecified atom stereocenters. The summed E-state index contributed by atoms with van der Waals surface area (Å²) in [5.41, 5.74) is 5.06. The molecule has 106 valence electrons. The number of aromatic carboxylic acids is 1. The number of amides is 1. The largest absolute Gasteiger partial charge is 0.477 e. The molecule has 3 N–H and O–H groups in total. The molecule has 0 fully saturated rings. The zero-order valence-electron chi connectivity index (χ0n) is 10.6. The van der Waals surface area contributed by atoms with Gasteiger partial charge in [-0.25, -0.2) is 9.59 Å². The molecule has 2 aromatic rings. The Morgan fingerprint density at radius 1 is 1.14 bits per heavy atom. The van der Waals surface area contributed by atoms with E-state index in [1.807, 2.05) is 18.2 Å². The first-order valence-corrected chi connectivity index (χ1v) is 6.81. The van der Waals surface area contributed by atoms with Gasteiger partial charge in [0, 0.05) is 22.2 Å². The van der Waals surface area contributed by atoms with Crippen LogP contribution in [-0.2, 0) is 0 Å². The Hall–Kier alpha value is -2.80.